The molecule has 2 heteroatoms. The second-order valence-corrected chi connectivity index (χ2v) is 2.88. The van der Waals surface area contributed by atoms with Crippen LogP contribution in [0.2, 0.25) is 0 Å². The van der Waals surface area contributed by atoms with Gasteiger partial charge in [0.25, 0.3) is 0 Å². The van der Waals surface area contributed by atoms with Crippen molar-refractivity contribution < 1.29 is 0 Å². The molecule has 0 rings (SSSR count). The minimum absolute atomic E-state index is 1.22. The van der Waals surface area contributed by atoms with Crippen molar-refractivity contribution >= 4 is 17.3 Å². The van der Waals surface area contributed by atoms with Crippen LogP contribution in [0, 0.1) is 5.41 Å². The summed E-state index contributed by atoms with van der Waals surface area (Å²) in [7, 11) is 0. The maximum Gasteiger partial charge on any atom is 0.0551 e. The highest BCUT2D eigenvalue weighted by atomic mass is 32.2. The molecule has 0 spiro atoms. The number of hydrogen-bond donors (Lipinski definition) is 1. The molecule has 0 bridgehead atoms. The Morgan fingerprint density at radius 1 is 1.38 bits per heavy atom. The van der Waals surface area contributed by atoms with Crippen LogP contribution in [0.4, 0.5) is 0 Å². The molecule has 0 saturated carbocycles. The van der Waals surface area contributed by atoms with Crippen LogP contribution in [-0.2, 0) is 0 Å². The first kappa shape index (κ1) is 7.76. The molecule has 0 aromatic heterocycles. The standard InChI is InChI=1S/C6H11NS/c1-5(2)6(3)8-4-7/h4,7H,1-3H3. The molecule has 0 unspecified atom stereocenters. The summed E-state index contributed by atoms with van der Waals surface area (Å²) in [6.07, 6.45) is 0. The molecule has 0 aromatic carbocycles. The normalized spacial score (nSPS) is 8.38. The number of rotatable bonds is 2. The fourth-order valence-electron chi connectivity index (χ4n) is 0.206. The molecular weight excluding hydrogens is 118 g/mol. The molecule has 0 saturated heterocycles. The van der Waals surface area contributed by atoms with E-state index in [0.29, 0.717) is 0 Å². The number of hydrogen-bond acceptors (Lipinski definition) is 2. The lowest BCUT2D eigenvalue weighted by Crippen LogP contribution is -1.70. The lowest BCUT2D eigenvalue weighted by molar-refractivity contribution is 1.35. The first-order valence-corrected chi connectivity index (χ1v) is 3.36. The Morgan fingerprint density at radius 3 is 2.00 bits per heavy atom. The van der Waals surface area contributed by atoms with Gasteiger partial charge >= 0.3 is 0 Å². The first-order chi connectivity index (χ1) is 3.68. The van der Waals surface area contributed by atoms with Gasteiger partial charge in [-0.15, -0.1) is 0 Å². The molecule has 0 aliphatic rings. The highest BCUT2D eigenvalue weighted by molar-refractivity contribution is 8.15. The van der Waals surface area contributed by atoms with Crippen LogP contribution in [0.25, 0.3) is 0 Å². The highest BCUT2D eigenvalue weighted by Gasteiger charge is 1.86. The Bertz CT molecular complexity index is 112. The van der Waals surface area contributed by atoms with E-state index >= 15 is 0 Å². The topological polar surface area (TPSA) is 23.9 Å². The van der Waals surface area contributed by atoms with E-state index < -0.39 is 0 Å². The van der Waals surface area contributed by atoms with Gasteiger partial charge in [-0.2, -0.15) is 0 Å². The van der Waals surface area contributed by atoms with E-state index in [0.717, 1.165) is 0 Å². The number of thioether (sulfide) groups is 1. The third-order valence-corrected chi connectivity index (χ3v) is 1.82. The molecule has 0 heterocycles. The third kappa shape index (κ3) is 2.86. The molecule has 0 fully saturated rings. The van der Waals surface area contributed by atoms with Gasteiger partial charge in [-0.1, -0.05) is 17.3 Å². The van der Waals surface area contributed by atoms with Gasteiger partial charge in [0, 0.05) is 0 Å². The van der Waals surface area contributed by atoms with Crippen LogP contribution < -0.4 is 0 Å². The van der Waals surface area contributed by atoms with E-state index in [4.69, 9.17) is 5.41 Å². The van der Waals surface area contributed by atoms with E-state index in [-0.39, 0.29) is 0 Å². The fourth-order valence-corrected chi connectivity index (χ4v) is 0.619. The van der Waals surface area contributed by atoms with Gasteiger partial charge < -0.3 is 5.41 Å². The molecule has 0 aromatic rings. The molecule has 0 aliphatic carbocycles. The summed E-state index contributed by atoms with van der Waals surface area (Å²) in [5.74, 6) is 0. The largest absolute Gasteiger partial charge is 0.302 e. The average molecular weight is 129 g/mol. The van der Waals surface area contributed by atoms with Crippen molar-refractivity contribution in [3.63, 3.8) is 0 Å². The van der Waals surface area contributed by atoms with E-state index in [1.54, 1.807) is 0 Å². The Balaban J connectivity index is 3.79. The minimum atomic E-state index is 1.22. The summed E-state index contributed by atoms with van der Waals surface area (Å²) in [5, 5.41) is 6.73. The van der Waals surface area contributed by atoms with Crippen molar-refractivity contribution in [2.24, 2.45) is 0 Å². The smallest absolute Gasteiger partial charge is 0.0551 e. The molecule has 1 nitrogen and oxygen atoms in total. The molecule has 8 heavy (non-hydrogen) atoms. The predicted octanol–water partition coefficient (Wildman–Crippen LogP) is 2.64. The predicted molar refractivity (Wildman–Crippen MR) is 40.4 cm³/mol. The average Bonchev–Trinajstić information content (AvgIpc) is 1.67. The quantitative estimate of drug-likeness (QED) is 0.449. The zero-order valence-electron chi connectivity index (χ0n) is 5.49. The second kappa shape index (κ2) is 3.72. The highest BCUT2D eigenvalue weighted by Crippen LogP contribution is 2.14. The van der Waals surface area contributed by atoms with Crippen LogP contribution in [0.1, 0.15) is 20.8 Å². The van der Waals surface area contributed by atoms with Crippen molar-refractivity contribution in [3.8, 4) is 0 Å². The monoisotopic (exact) mass is 129 g/mol. The van der Waals surface area contributed by atoms with Gasteiger partial charge in [0.1, 0.15) is 0 Å². The number of nitrogens with one attached hydrogen (secondary N) is 1. The molecule has 0 amide bonds. The van der Waals surface area contributed by atoms with Gasteiger partial charge in [-0.05, 0) is 25.7 Å². The Kier molecular flexibility index (Phi) is 3.61. The minimum Gasteiger partial charge on any atom is -0.302 e. The zero-order valence-corrected chi connectivity index (χ0v) is 6.30. The summed E-state index contributed by atoms with van der Waals surface area (Å²) >= 11 is 1.46. The third-order valence-electron chi connectivity index (χ3n) is 0.940. The summed E-state index contributed by atoms with van der Waals surface area (Å²) in [6.45, 7) is 6.11. The molecule has 0 radical (unpaired) electrons. The van der Waals surface area contributed by atoms with E-state index in [9.17, 15) is 0 Å². The van der Waals surface area contributed by atoms with E-state index in [2.05, 4.69) is 0 Å². The van der Waals surface area contributed by atoms with Gasteiger partial charge in [-0.3, -0.25) is 0 Å². The van der Waals surface area contributed by atoms with Crippen LogP contribution in [-0.4, -0.2) is 5.55 Å². The van der Waals surface area contributed by atoms with E-state index in [1.807, 2.05) is 20.8 Å². The van der Waals surface area contributed by atoms with Crippen molar-refractivity contribution in [3.05, 3.63) is 10.5 Å². The Labute approximate surface area is 54.7 Å². The summed E-state index contributed by atoms with van der Waals surface area (Å²) < 4.78 is 0. The summed E-state index contributed by atoms with van der Waals surface area (Å²) in [5.41, 5.74) is 2.64. The maximum absolute atomic E-state index is 6.73. The van der Waals surface area contributed by atoms with Crippen LogP contribution >= 0.6 is 11.8 Å². The molecule has 0 aliphatic heterocycles. The Morgan fingerprint density at radius 2 is 1.88 bits per heavy atom. The number of allylic oxidation sites excluding steroid dienone is 2. The maximum atomic E-state index is 6.73. The van der Waals surface area contributed by atoms with Crippen molar-refractivity contribution in [2.45, 2.75) is 20.8 Å². The van der Waals surface area contributed by atoms with Gasteiger partial charge in [0.05, 0.1) is 5.55 Å². The van der Waals surface area contributed by atoms with Crippen molar-refractivity contribution in [2.75, 3.05) is 0 Å². The molecule has 0 atom stereocenters. The van der Waals surface area contributed by atoms with Crippen molar-refractivity contribution in [1.29, 1.82) is 5.41 Å². The zero-order chi connectivity index (χ0) is 6.57. The van der Waals surface area contributed by atoms with Crippen molar-refractivity contribution in [1.82, 2.24) is 0 Å². The second-order valence-electron chi connectivity index (χ2n) is 1.79. The van der Waals surface area contributed by atoms with Crippen LogP contribution in [0.5, 0.6) is 0 Å². The summed E-state index contributed by atoms with van der Waals surface area (Å²) in [6, 6.07) is 0. The van der Waals surface area contributed by atoms with Crippen LogP contribution in [0.3, 0.4) is 0 Å². The summed E-state index contributed by atoms with van der Waals surface area (Å²) in [4.78, 5) is 1.22. The first-order valence-electron chi connectivity index (χ1n) is 2.48. The van der Waals surface area contributed by atoms with Gasteiger partial charge in [0.2, 0.25) is 0 Å². The molecule has 46 valence electrons. The lowest BCUT2D eigenvalue weighted by atomic mass is 10.3. The fraction of sp³-hybridized carbons (Fsp3) is 0.500. The molecule has 1 N–H and O–H groups in total. The molecular formula is C6H11NS. The van der Waals surface area contributed by atoms with E-state index in [1.165, 1.54) is 27.8 Å². The van der Waals surface area contributed by atoms with Crippen LogP contribution in [0.15, 0.2) is 10.5 Å². The van der Waals surface area contributed by atoms with Gasteiger partial charge in [-0.25, -0.2) is 0 Å². The SMILES string of the molecule is CC(C)=C(C)SC=N. The van der Waals surface area contributed by atoms with Gasteiger partial charge in [0.15, 0.2) is 0 Å². The Hall–Kier alpha value is -0.240. The lowest BCUT2D eigenvalue weighted by Gasteiger charge is -1.94.